The van der Waals surface area contributed by atoms with Crippen molar-refractivity contribution < 1.29 is 4.39 Å². The zero-order valence-electron chi connectivity index (χ0n) is 13.0. The Labute approximate surface area is 143 Å². The highest BCUT2D eigenvalue weighted by atomic mass is 35.5. The van der Waals surface area contributed by atoms with Crippen LogP contribution in [-0.2, 0) is 0 Å². The van der Waals surface area contributed by atoms with Gasteiger partial charge in [-0.1, -0.05) is 30.9 Å². The summed E-state index contributed by atoms with van der Waals surface area (Å²) < 4.78 is 14.1. The molecule has 1 fully saturated rings. The van der Waals surface area contributed by atoms with Crippen molar-refractivity contribution in [3.05, 3.63) is 35.5 Å². The molecule has 0 unspecified atom stereocenters. The molecule has 3 heterocycles. The molecule has 2 N–H and O–H groups in total. The van der Waals surface area contributed by atoms with Gasteiger partial charge in [0.05, 0.1) is 11.2 Å². The Balaban J connectivity index is 1.70. The van der Waals surface area contributed by atoms with Crippen LogP contribution in [0.25, 0.3) is 22.4 Å². The predicted molar refractivity (Wildman–Crippen MR) is 92.6 cm³/mol. The average molecular weight is 346 g/mol. The second kappa shape index (κ2) is 6.36. The standard InChI is InChI=1S/C17H17ClFN5/c18-10-6-12-13(8-21-15(12)20-7-10)16-22-9-14(19)17(24-16)23-11-4-2-1-3-5-11/h6-9,11H,1-5H2,(H,20,21)(H,22,23,24). The number of H-pyrrole nitrogens is 1. The molecule has 0 amide bonds. The summed E-state index contributed by atoms with van der Waals surface area (Å²) in [4.78, 5) is 15.8. The summed E-state index contributed by atoms with van der Waals surface area (Å²) in [5.41, 5.74) is 1.45. The van der Waals surface area contributed by atoms with E-state index in [1.807, 2.05) is 0 Å². The number of aromatic amines is 1. The zero-order valence-corrected chi connectivity index (χ0v) is 13.8. The molecule has 7 heteroatoms. The lowest BCUT2D eigenvalue weighted by atomic mass is 9.95. The van der Waals surface area contributed by atoms with E-state index in [1.165, 1.54) is 25.5 Å². The van der Waals surface area contributed by atoms with Crippen molar-refractivity contribution >= 4 is 28.5 Å². The van der Waals surface area contributed by atoms with E-state index in [1.54, 1.807) is 18.5 Å². The first-order valence-corrected chi connectivity index (χ1v) is 8.50. The minimum atomic E-state index is -0.430. The molecular formula is C17H17ClFN5. The van der Waals surface area contributed by atoms with Crippen molar-refractivity contribution in [3.63, 3.8) is 0 Å². The number of halogens is 2. The van der Waals surface area contributed by atoms with Crippen LogP contribution in [0.5, 0.6) is 0 Å². The molecule has 24 heavy (non-hydrogen) atoms. The molecule has 1 saturated carbocycles. The molecule has 5 nitrogen and oxygen atoms in total. The zero-order chi connectivity index (χ0) is 16.5. The number of nitrogens with zero attached hydrogens (tertiary/aromatic N) is 3. The van der Waals surface area contributed by atoms with E-state index >= 15 is 0 Å². The maximum Gasteiger partial charge on any atom is 0.183 e. The van der Waals surface area contributed by atoms with E-state index in [-0.39, 0.29) is 11.9 Å². The van der Waals surface area contributed by atoms with E-state index in [9.17, 15) is 4.39 Å². The van der Waals surface area contributed by atoms with Crippen LogP contribution in [0.15, 0.2) is 24.7 Å². The number of anilines is 1. The maximum absolute atomic E-state index is 14.1. The van der Waals surface area contributed by atoms with E-state index < -0.39 is 5.82 Å². The molecule has 3 aromatic heterocycles. The first-order valence-electron chi connectivity index (χ1n) is 8.13. The first kappa shape index (κ1) is 15.3. The maximum atomic E-state index is 14.1. The number of hydrogen-bond acceptors (Lipinski definition) is 4. The molecule has 0 aromatic carbocycles. The molecule has 1 aliphatic carbocycles. The topological polar surface area (TPSA) is 66.5 Å². The van der Waals surface area contributed by atoms with E-state index in [0.717, 1.165) is 23.8 Å². The lowest BCUT2D eigenvalue weighted by Gasteiger charge is -2.23. The van der Waals surface area contributed by atoms with Crippen LogP contribution in [0.2, 0.25) is 5.02 Å². The van der Waals surface area contributed by atoms with Crippen molar-refractivity contribution in [1.82, 2.24) is 19.9 Å². The first-order chi connectivity index (χ1) is 11.7. The van der Waals surface area contributed by atoms with Gasteiger partial charge in [-0.3, -0.25) is 0 Å². The Morgan fingerprint density at radius 3 is 2.83 bits per heavy atom. The molecular weight excluding hydrogens is 329 g/mol. The predicted octanol–water partition coefficient (Wildman–Crippen LogP) is 4.56. The van der Waals surface area contributed by atoms with Crippen molar-refractivity contribution in [2.45, 2.75) is 38.1 Å². The highest BCUT2D eigenvalue weighted by Gasteiger charge is 2.18. The van der Waals surface area contributed by atoms with E-state index in [2.05, 4.69) is 25.3 Å². The quantitative estimate of drug-likeness (QED) is 0.730. The summed E-state index contributed by atoms with van der Waals surface area (Å²) in [5, 5.41) is 4.58. The second-order valence-electron chi connectivity index (χ2n) is 6.12. The third kappa shape index (κ3) is 2.94. The van der Waals surface area contributed by atoms with Crippen molar-refractivity contribution in [2.24, 2.45) is 0 Å². The summed E-state index contributed by atoms with van der Waals surface area (Å²) in [6.45, 7) is 0. The largest absolute Gasteiger partial charge is 0.365 e. The SMILES string of the molecule is Fc1cnc(-c2c[nH]c3ncc(Cl)cc23)nc1NC1CCCCC1. The summed E-state index contributed by atoms with van der Waals surface area (Å²) >= 11 is 6.03. The lowest BCUT2D eigenvalue weighted by molar-refractivity contribution is 0.459. The van der Waals surface area contributed by atoms with E-state index in [0.29, 0.717) is 16.5 Å². The van der Waals surface area contributed by atoms with Gasteiger partial charge in [-0.2, -0.15) is 0 Å². The summed E-state index contributed by atoms with van der Waals surface area (Å²) in [5.74, 6) is 0.279. The highest BCUT2D eigenvalue weighted by Crippen LogP contribution is 2.29. The van der Waals surface area contributed by atoms with Crippen molar-refractivity contribution in [1.29, 1.82) is 0 Å². The molecule has 3 aromatic rings. The van der Waals surface area contributed by atoms with Crippen LogP contribution in [0.3, 0.4) is 0 Å². The van der Waals surface area contributed by atoms with Gasteiger partial charge in [0.15, 0.2) is 17.5 Å². The van der Waals surface area contributed by atoms with Gasteiger partial charge in [-0.15, -0.1) is 0 Å². The fraction of sp³-hybridized carbons (Fsp3) is 0.353. The van der Waals surface area contributed by atoms with Gasteiger partial charge in [0, 0.05) is 29.4 Å². The van der Waals surface area contributed by atoms with Gasteiger partial charge >= 0.3 is 0 Å². The number of pyridine rings is 1. The Kier molecular flexibility index (Phi) is 4.06. The van der Waals surface area contributed by atoms with Crippen LogP contribution in [0.1, 0.15) is 32.1 Å². The van der Waals surface area contributed by atoms with Gasteiger partial charge < -0.3 is 10.3 Å². The number of aromatic nitrogens is 4. The molecule has 0 atom stereocenters. The van der Waals surface area contributed by atoms with Gasteiger partial charge in [0.25, 0.3) is 0 Å². The molecule has 0 aliphatic heterocycles. The number of fused-ring (bicyclic) bond motifs is 1. The van der Waals surface area contributed by atoms with Crippen molar-refractivity contribution in [3.8, 4) is 11.4 Å². The van der Waals surface area contributed by atoms with Crippen LogP contribution >= 0.6 is 11.6 Å². The molecule has 0 radical (unpaired) electrons. The minimum absolute atomic E-state index is 0.260. The summed E-state index contributed by atoms with van der Waals surface area (Å²) in [6.07, 6.45) is 10.2. The fourth-order valence-corrected chi connectivity index (χ4v) is 3.36. The average Bonchev–Trinajstić information content (AvgIpc) is 3.01. The highest BCUT2D eigenvalue weighted by molar-refractivity contribution is 6.31. The monoisotopic (exact) mass is 345 g/mol. The Morgan fingerprint density at radius 1 is 1.17 bits per heavy atom. The van der Waals surface area contributed by atoms with Gasteiger partial charge in [-0.25, -0.2) is 19.3 Å². The van der Waals surface area contributed by atoms with E-state index in [4.69, 9.17) is 11.6 Å². The second-order valence-corrected chi connectivity index (χ2v) is 6.56. The number of rotatable bonds is 3. The smallest absolute Gasteiger partial charge is 0.183 e. The molecule has 0 bridgehead atoms. The third-order valence-corrected chi connectivity index (χ3v) is 4.64. The van der Waals surface area contributed by atoms with Crippen LogP contribution in [0.4, 0.5) is 10.2 Å². The normalized spacial score (nSPS) is 15.8. The van der Waals surface area contributed by atoms with Gasteiger partial charge in [0.2, 0.25) is 0 Å². The number of nitrogens with one attached hydrogen (secondary N) is 2. The molecule has 1 aliphatic rings. The molecule has 0 saturated heterocycles. The van der Waals surface area contributed by atoms with Gasteiger partial charge in [-0.05, 0) is 18.9 Å². The Hall–Kier alpha value is -2.21. The van der Waals surface area contributed by atoms with Crippen LogP contribution in [0, 0.1) is 5.82 Å². The third-order valence-electron chi connectivity index (χ3n) is 4.43. The number of hydrogen-bond donors (Lipinski definition) is 2. The molecule has 124 valence electrons. The lowest BCUT2D eigenvalue weighted by Crippen LogP contribution is -2.23. The summed E-state index contributed by atoms with van der Waals surface area (Å²) in [7, 11) is 0. The Bertz CT molecular complexity index is 873. The molecule has 4 rings (SSSR count). The van der Waals surface area contributed by atoms with Gasteiger partial charge in [0.1, 0.15) is 5.65 Å². The minimum Gasteiger partial charge on any atom is -0.365 e. The molecule has 0 spiro atoms. The van der Waals surface area contributed by atoms with Crippen LogP contribution < -0.4 is 5.32 Å². The fourth-order valence-electron chi connectivity index (χ4n) is 3.20. The summed E-state index contributed by atoms with van der Waals surface area (Å²) in [6, 6.07) is 2.08. The van der Waals surface area contributed by atoms with Crippen LogP contribution in [-0.4, -0.2) is 26.0 Å². The Morgan fingerprint density at radius 2 is 2.00 bits per heavy atom. The van der Waals surface area contributed by atoms with Crippen molar-refractivity contribution in [2.75, 3.05) is 5.32 Å².